The summed E-state index contributed by atoms with van der Waals surface area (Å²) >= 11 is 0. The topological polar surface area (TPSA) is 88.2 Å². The number of rotatable bonds is 3. The number of halogens is 1. The number of carbonyl (C=O) groups excluding carboxylic acids is 1. The molecule has 0 saturated carbocycles. The van der Waals surface area contributed by atoms with Gasteiger partial charge in [0, 0.05) is 12.5 Å². The molecule has 0 aliphatic heterocycles. The van der Waals surface area contributed by atoms with Crippen molar-refractivity contribution in [3.8, 4) is 11.8 Å². The summed E-state index contributed by atoms with van der Waals surface area (Å²) in [5.74, 6) is 4.44. The molecule has 1 aromatic carbocycles. The number of amides is 1. The van der Waals surface area contributed by atoms with Crippen LogP contribution >= 0.6 is 0 Å². The lowest BCUT2D eigenvalue weighted by Crippen LogP contribution is -2.23. The molecule has 0 aliphatic rings. The Morgan fingerprint density at radius 3 is 2.95 bits per heavy atom. The highest BCUT2D eigenvalue weighted by Gasteiger charge is 2.10. The molecule has 2 aromatic rings. The van der Waals surface area contributed by atoms with Crippen LogP contribution in [-0.2, 0) is 6.54 Å². The highest BCUT2D eigenvalue weighted by Crippen LogP contribution is 2.09. The van der Waals surface area contributed by atoms with E-state index >= 15 is 0 Å². The van der Waals surface area contributed by atoms with Crippen LogP contribution in [0.4, 0.5) is 4.39 Å². The molecule has 0 atom stereocenters. The van der Waals surface area contributed by atoms with E-state index in [0.717, 1.165) is 6.07 Å². The van der Waals surface area contributed by atoms with Gasteiger partial charge in [0.15, 0.2) is 5.82 Å². The van der Waals surface area contributed by atoms with Crippen molar-refractivity contribution in [3.05, 3.63) is 46.9 Å². The molecule has 0 saturated heterocycles. The Morgan fingerprint density at radius 2 is 2.33 bits per heavy atom. The lowest BCUT2D eigenvalue weighted by molar-refractivity contribution is 0.0949. The number of carbonyl (C=O) groups is 1. The SMILES string of the molecule is Cc1nc(CNC(=O)c2ccc(C#CCO)c(F)c2)no1. The second-order valence-corrected chi connectivity index (χ2v) is 4.07. The molecule has 21 heavy (non-hydrogen) atoms. The van der Waals surface area contributed by atoms with E-state index < -0.39 is 11.7 Å². The smallest absolute Gasteiger partial charge is 0.251 e. The highest BCUT2D eigenvalue weighted by molar-refractivity contribution is 5.94. The van der Waals surface area contributed by atoms with Gasteiger partial charge in [-0.2, -0.15) is 4.98 Å². The van der Waals surface area contributed by atoms with Crippen molar-refractivity contribution in [1.82, 2.24) is 15.5 Å². The molecule has 0 radical (unpaired) electrons. The average molecular weight is 289 g/mol. The van der Waals surface area contributed by atoms with E-state index in [1.54, 1.807) is 6.92 Å². The van der Waals surface area contributed by atoms with Crippen molar-refractivity contribution >= 4 is 5.91 Å². The van der Waals surface area contributed by atoms with Gasteiger partial charge in [0.25, 0.3) is 5.91 Å². The minimum atomic E-state index is -0.626. The molecule has 2 N–H and O–H groups in total. The number of aryl methyl sites for hydroxylation is 1. The fraction of sp³-hybridized carbons (Fsp3) is 0.214. The van der Waals surface area contributed by atoms with E-state index in [4.69, 9.17) is 9.63 Å². The molecular formula is C14H12FN3O3. The van der Waals surface area contributed by atoms with Crippen LogP contribution in [0.2, 0.25) is 0 Å². The van der Waals surface area contributed by atoms with Gasteiger partial charge in [-0.1, -0.05) is 17.0 Å². The van der Waals surface area contributed by atoms with Crippen molar-refractivity contribution in [2.75, 3.05) is 6.61 Å². The third-order valence-corrected chi connectivity index (χ3v) is 2.51. The highest BCUT2D eigenvalue weighted by atomic mass is 19.1. The number of aliphatic hydroxyl groups excluding tert-OH is 1. The van der Waals surface area contributed by atoms with Gasteiger partial charge >= 0.3 is 0 Å². The third kappa shape index (κ3) is 3.87. The van der Waals surface area contributed by atoms with Crippen molar-refractivity contribution in [2.24, 2.45) is 0 Å². The van der Waals surface area contributed by atoms with Gasteiger partial charge in [-0.25, -0.2) is 4.39 Å². The summed E-state index contributed by atoms with van der Waals surface area (Å²) in [5, 5.41) is 14.7. The fourth-order valence-electron chi connectivity index (χ4n) is 1.57. The van der Waals surface area contributed by atoms with E-state index in [9.17, 15) is 9.18 Å². The third-order valence-electron chi connectivity index (χ3n) is 2.51. The van der Waals surface area contributed by atoms with Crippen LogP contribution in [0.25, 0.3) is 0 Å². The predicted octanol–water partition coefficient (Wildman–Crippen LogP) is 0.791. The summed E-state index contributed by atoms with van der Waals surface area (Å²) in [4.78, 5) is 15.8. The molecule has 6 nitrogen and oxygen atoms in total. The molecule has 1 heterocycles. The number of hydrogen-bond donors (Lipinski definition) is 2. The van der Waals surface area contributed by atoms with E-state index in [1.165, 1.54) is 12.1 Å². The average Bonchev–Trinajstić information content (AvgIpc) is 2.89. The monoisotopic (exact) mass is 289 g/mol. The van der Waals surface area contributed by atoms with Gasteiger partial charge in [0.2, 0.25) is 5.89 Å². The minimum Gasteiger partial charge on any atom is -0.384 e. The normalized spacial score (nSPS) is 9.86. The summed E-state index contributed by atoms with van der Waals surface area (Å²) in [6, 6.07) is 3.91. The van der Waals surface area contributed by atoms with Gasteiger partial charge in [0.1, 0.15) is 12.4 Å². The first-order chi connectivity index (χ1) is 10.1. The molecule has 0 bridgehead atoms. The van der Waals surface area contributed by atoms with Gasteiger partial charge in [-0.05, 0) is 18.2 Å². The van der Waals surface area contributed by atoms with Gasteiger partial charge in [-0.15, -0.1) is 0 Å². The number of nitrogens with one attached hydrogen (secondary N) is 1. The standard InChI is InChI=1S/C14H12FN3O3/c1-9-17-13(18-21-9)8-16-14(20)11-5-4-10(3-2-6-19)12(15)7-11/h4-5,7,19H,6,8H2,1H3,(H,16,20). The quantitative estimate of drug-likeness (QED) is 0.816. The second-order valence-electron chi connectivity index (χ2n) is 4.07. The van der Waals surface area contributed by atoms with Crippen LogP contribution in [-0.4, -0.2) is 27.8 Å². The molecule has 0 unspecified atom stereocenters. The van der Waals surface area contributed by atoms with Crippen LogP contribution in [0.15, 0.2) is 22.7 Å². The Bertz CT molecular complexity index is 716. The molecule has 2 rings (SSSR count). The minimum absolute atomic E-state index is 0.0872. The van der Waals surface area contributed by atoms with Crippen molar-refractivity contribution < 1.29 is 18.8 Å². The number of nitrogens with zero attached hydrogens (tertiary/aromatic N) is 2. The maximum atomic E-state index is 13.7. The fourth-order valence-corrected chi connectivity index (χ4v) is 1.57. The zero-order valence-corrected chi connectivity index (χ0v) is 11.2. The molecule has 0 spiro atoms. The van der Waals surface area contributed by atoms with Crippen LogP contribution in [0.5, 0.6) is 0 Å². The molecule has 108 valence electrons. The second kappa shape index (κ2) is 6.63. The molecule has 1 aromatic heterocycles. The Hall–Kier alpha value is -2.72. The Labute approximate surface area is 120 Å². The molecule has 0 aliphatic carbocycles. The van der Waals surface area contributed by atoms with Crippen LogP contribution in [0.1, 0.15) is 27.6 Å². The van der Waals surface area contributed by atoms with Crippen LogP contribution in [0, 0.1) is 24.6 Å². The first kappa shape index (κ1) is 14.7. The first-order valence-electron chi connectivity index (χ1n) is 6.07. The van der Waals surface area contributed by atoms with E-state index in [2.05, 4.69) is 27.3 Å². The zero-order valence-electron chi connectivity index (χ0n) is 11.2. The molecule has 0 fully saturated rings. The molecular weight excluding hydrogens is 277 g/mol. The van der Waals surface area contributed by atoms with Gasteiger partial charge in [0.05, 0.1) is 12.1 Å². The lowest BCUT2D eigenvalue weighted by atomic mass is 10.1. The van der Waals surface area contributed by atoms with E-state index in [-0.39, 0.29) is 24.3 Å². The van der Waals surface area contributed by atoms with Crippen LogP contribution in [0.3, 0.4) is 0 Å². The first-order valence-corrected chi connectivity index (χ1v) is 6.07. The van der Waals surface area contributed by atoms with Crippen LogP contribution < -0.4 is 5.32 Å². The van der Waals surface area contributed by atoms with E-state index in [0.29, 0.717) is 11.7 Å². The Kier molecular flexibility index (Phi) is 4.64. The number of aliphatic hydroxyl groups is 1. The maximum absolute atomic E-state index is 13.7. The van der Waals surface area contributed by atoms with Crippen molar-refractivity contribution in [2.45, 2.75) is 13.5 Å². The maximum Gasteiger partial charge on any atom is 0.251 e. The predicted molar refractivity (Wildman–Crippen MR) is 70.6 cm³/mol. The number of aromatic nitrogens is 2. The lowest BCUT2D eigenvalue weighted by Gasteiger charge is -2.03. The van der Waals surface area contributed by atoms with E-state index in [1.807, 2.05) is 0 Å². The summed E-state index contributed by atoms with van der Waals surface area (Å²) in [6.45, 7) is 1.37. The summed E-state index contributed by atoms with van der Waals surface area (Å²) < 4.78 is 18.5. The number of benzene rings is 1. The van der Waals surface area contributed by atoms with Gasteiger partial charge < -0.3 is 14.9 Å². The number of hydrogen-bond acceptors (Lipinski definition) is 5. The Morgan fingerprint density at radius 1 is 1.52 bits per heavy atom. The summed E-state index contributed by atoms with van der Waals surface area (Å²) in [7, 11) is 0. The summed E-state index contributed by atoms with van der Waals surface area (Å²) in [6.07, 6.45) is 0. The largest absolute Gasteiger partial charge is 0.384 e. The zero-order chi connectivity index (χ0) is 15.2. The molecule has 7 heteroatoms. The summed E-state index contributed by atoms with van der Waals surface area (Å²) in [5.41, 5.74) is 0.275. The van der Waals surface area contributed by atoms with Crippen molar-refractivity contribution in [1.29, 1.82) is 0 Å². The van der Waals surface area contributed by atoms with Crippen molar-refractivity contribution in [3.63, 3.8) is 0 Å². The Balaban J connectivity index is 2.04. The van der Waals surface area contributed by atoms with Gasteiger partial charge in [-0.3, -0.25) is 4.79 Å². The molecule has 1 amide bonds.